The fraction of sp³-hybridized carbons (Fsp3) is 0.385. The molecule has 1 aromatic rings. The Morgan fingerprint density at radius 2 is 1.71 bits per heavy atom. The van der Waals surface area contributed by atoms with Crippen molar-refractivity contribution < 1.29 is 32.6 Å². The van der Waals surface area contributed by atoms with Crippen molar-refractivity contribution in [2.75, 3.05) is 14.2 Å². The molecule has 0 fully saturated rings. The van der Waals surface area contributed by atoms with Crippen molar-refractivity contribution in [2.24, 2.45) is 5.92 Å². The highest BCUT2D eigenvalue weighted by molar-refractivity contribution is 6.04. The highest BCUT2D eigenvalue weighted by Gasteiger charge is 2.31. The first-order valence-electron chi connectivity index (χ1n) is 5.83. The summed E-state index contributed by atoms with van der Waals surface area (Å²) in [5.74, 6) is -3.83. The second kappa shape index (κ2) is 7.41. The Morgan fingerprint density at radius 3 is 2.10 bits per heavy atom. The third kappa shape index (κ3) is 4.30. The number of nitrogens with zero attached hydrogens (tertiary/aromatic N) is 1. The molecule has 0 radical (unpaired) electrons. The monoisotopic (exact) mass is 301 g/mol. The van der Waals surface area contributed by atoms with Crippen LogP contribution in [0.5, 0.6) is 0 Å². The van der Waals surface area contributed by atoms with Crippen LogP contribution in [0.25, 0.3) is 0 Å². The van der Waals surface area contributed by atoms with Gasteiger partial charge in [-0.15, -0.1) is 0 Å². The lowest BCUT2D eigenvalue weighted by atomic mass is 9.99. The normalized spacial score (nSPS) is 10.6. The zero-order valence-electron chi connectivity index (χ0n) is 11.3. The molecule has 1 aromatic heterocycles. The molecule has 0 N–H and O–H groups in total. The van der Waals surface area contributed by atoms with Crippen LogP contribution < -0.4 is 0 Å². The van der Waals surface area contributed by atoms with Crippen molar-refractivity contribution in [1.82, 2.24) is 4.98 Å². The van der Waals surface area contributed by atoms with E-state index in [9.17, 15) is 23.2 Å². The first-order valence-corrected chi connectivity index (χ1v) is 5.83. The highest BCUT2D eigenvalue weighted by Crippen LogP contribution is 2.18. The molecule has 0 aliphatic rings. The van der Waals surface area contributed by atoms with Gasteiger partial charge in [0.25, 0.3) is 6.43 Å². The SMILES string of the molecule is COC(=O)C(CC(=O)c1ccc(C(F)F)nc1)C(=O)OC. The van der Waals surface area contributed by atoms with Crippen LogP contribution in [0.3, 0.4) is 0 Å². The zero-order chi connectivity index (χ0) is 16.0. The van der Waals surface area contributed by atoms with Gasteiger partial charge in [0.05, 0.1) is 14.2 Å². The topological polar surface area (TPSA) is 82.6 Å². The third-order valence-corrected chi connectivity index (χ3v) is 2.69. The van der Waals surface area contributed by atoms with E-state index >= 15 is 0 Å². The summed E-state index contributed by atoms with van der Waals surface area (Å²) >= 11 is 0. The van der Waals surface area contributed by atoms with Crippen LogP contribution in [-0.4, -0.2) is 36.9 Å². The van der Waals surface area contributed by atoms with Crippen LogP contribution in [0, 0.1) is 5.92 Å². The van der Waals surface area contributed by atoms with Crippen LogP contribution >= 0.6 is 0 Å². The van der Waals surface area contributed by atoms with Crippen LogP contribution in [0.1, 0.15) is 28.9 Å². The van der Waals surface area contributed by atoms with E-state index < -0.39 is 42.2 Å². The van der Waals surface area contributed by atoms with Crippen LogP contribution in [0.2, 0.25) is 0 Å². The minimum Gasteiger partial charge on any atom is -0.468 e. The third-order valence-electron chi connectivity index (χ3n) is 2.69. The number of carbonyl (C=O) groups is 3. The van der Waals surface area contributed by atoms with Crippen LogP contribution in [0.15, 0.2) is 18.3 Å². The Hall–Kier alpha value is -2.38. The number of ketones is 1. The minimum atomic E-state index is -2.74. The number of aromatic nitrogens is 1. The number of halogens is 2. The van der Waals surface area contributed by atoms with Crippen molar-refractivity contribution in [2.45, 2.75) is 12.8 Å². The maximum Gasteiger partial charge on any atom is 0.320 e. The average molecular weight is 301 g/mol. The van der Waals surface area contributed by atoms with E-state index in [4.69, 9.17) is 0 Å². The minimum absolute atomic E-state index is 0.0113. The van der Waals surface area contributed by atoms with Gasteiger partial charge in [-0.1, -0.05) is 0 Å². The van der Waals surface area contributed by atoms with Crippen molar-refractivity contribution in [1.29, 1.82) is 0 Å². The molecule has 114 valence electrons. The van der Waals surface area contributed by atoms with E-state index in [1.54, 1.807) is 0 Å². The van der Waals surface area contributed by atoms with Crippen molar-refractivity contribution in [3.8, 4) is 0 Å². The summed E-state index contributed by atoms with van der Waals surface area (Å²) in [6, 6.07) is 2.16. The molecule has 0 unspecified atom stereocenters. The predicted octanol–water partition coefficient (Wildman–Crippen LogP) is 1.55. The summed E-state index contributed by atoms with van der Waals surface area (Å²) in [5.41, 5.74) is -0.457. The van der Waals surface area contributed by atoms with E-state index in [1.807, 2.05) is 0 Å². The zero-order valence-corrected chi connectivity index (χ0v) is 11.3. The maximum absolute atomic E-state index is 12.3. The summed E-state index contributed by atoms with van der Waals surface area (Å²) in [4.78, 5) is 38.2. The second-order valence-corrected chi connectivity index (χ2v) is 4.00. The summed E-state index contributed by atoms with van der Waals surface area (Å²) in [7, 11) is 2.14. The van der Waals surface area contributed by atoms with Gasteiger partial charge in [-0.3, -0.25) is 19.4 Å². The number of rotatable bonds is 6. The molecule has 0 bridgehead atoms. The van der Waals surface area contributed by atoms with E-state index in [-0.39, 0.29) is 5.56 Å². The number of carbonyl (C=O) groups excluding carboxylic acids is 3. The predicted molar refractivity (Wildman–Crippen MR) is 65.7 cm³/mol. The maximum atomic E-state index is 12.3. The largest absolute Gasteiger partial charge is 0.468 e. The van der Waals surface area contributed by atoms with Gasteiger partial charge in [-0.2, -0.15) is 0 Å². The highest BCUT2D eigenvalue weighted by atomic mass is 19.3. The van der Waals surface area contributed by atoms with Gasteiger partial charge in [0.1, 0.15) is 5.69 Å². The Morgan fingerprint density at radius 1 is 1.14 bits per heavy atom. The first-order chi connectivity index (χ1) is 9.90. The molecule has 0 saturated heterocycles. The quantitative estimate of drug-likeness (QED) is 0.450. The Bertz CT molecular complexity index is 514. The van der Waals surface area contributed by atoms with Gasteiger partial charge >= 0.3 is 11.9 Å². The Balaban J connectivity index is 2.86. The fourth-order valence-electron chi connectivity index (χ4n) is 1.55. The standard InChI is InChI=1S/C13H13F2NO5/c1-20-12(18)8(13(19)21-2)5-10(17)7-3-4-9(11(14)15)16-6-7/h3-4,6,8,11H,5H2,1-2H3. The van der Waals surface area contributed by atoms with E-state index in [2.05, 4.69) is 14.5 Å². The lowest BCUT2D eigenvalue weighted by Gasteiger charge is -2.11. The van der Waals surface area contributed by atoms with Gasteiger partial charge in [0.2, 0.25) is 0 Å². The van der Waals surface area contributed by atoms with Crippen LogP contribution in [0.4, 0.5) is 8.78 Å². The molecule has 0 spiro atoms. The molecule has 0 saturated carbocycles. The molecule has 0 aliphatic carbocycles. The van der Waals surface area contributed by atoms with Crippen molar-refractivity contribution in [3.63, 3.8) is 0 Å². The van der Waals surface area contributed by atoms with Gasteiger partial charge < -0.3 is 9.47 Å². The van der Waals surface area contributed by atoms with E-state index in [0.29, 0.717) is 0 Å². The van der Waals surface area contributed by atoms with E-state index in [0.717, 1.165) is 32.5 Å². The van der Waals surface area contributed by atoms with Gasteiger partial charge in [-0.05, 0) is 12.1 Å². The second-order valence-electron chi connectivity index (χ2n) is 4.00. The Kier molecular flexibility index (Phi) is 5.89. The lowest BCUT2D eigenvalue weighted by molar-refractivity contribution is -0.158. The summed E-state index contributed by atoms with van der Waals surface area (Å²) < 4.78 is 33.5. The molecular weight excluding hydrogens is 288 g/mol. The average Bonchev–Trinajstić information content (AvgIpc) is 2.50. The van der Waals surface area contributed by atoms with Crippen molar-refractivity contribution in [3.05, 3.63) is 29.6 Å². The summed E-state index contributed by atoms with van der Waals surface area (Å²) in [6.07, 6.45) is -2.27. The molecule has 8 heteroatoms. The molecule has 0 aromatic carbocycles. The molecule has 1 rings (SSSR count). The molecule has 6 nitrogen and oxygen atoms in total. The lowest BCUT2D eigenvalue weighted by Crippen LogP contribution is -2.29. The van der Waals surface area contributed by atoms with Crippen LogP contribution in [-0.2, 0) is 19.1 Å². The molecule has 1 heterocycles. The number of Topliss-reactive ketones (excluding diaryl/α,β-unsaturated/α-hetero) is 1. The number of hydrogen-bond donors (Lipinski definition) is 0. The smallest absolute Gasteiger partial charge is 0.320 e. The number of esters is 2. The molecular formula is C13H13F2NO5. The van der Waals surface area contributed by atoms with Gasteiger partial charge in [0, 0.05) is 18.2 Å². The number of methoxy groups -OCH3 is 2. The molecule has 0 amide bonds. The first kappa shape index (κ1) is 16.7. The number of pyridine rings is 1. The number of alkyl halides is 2. The van der Waals surface area contributed by atoms with E-state index in [1.165, 1.54) is 0 Å². The summed E-state index contributed by atoms with van der Waals surface area (Å²) in [5, 5.41) is 0. The molecule has 0 atom stereocenters. The summed E-state index contributed by atoms with van der Waals surface area (Å²) in [6.45, 7) is 0. The van der Waals surface area contributed by atoms with Gasteiger partial charge in [0.15, 0.2) is 11.7 Å². The van der Waals surface area contributed by atoms with Crippen molar-refractivity contribution >= 4 is 17.7 Å². The van der Waals surface area contributed by atoms with Gasteiger partial charge in [-0.25, -0.2) is 8.78 Å². The fourth-order valence-corrected chi connectivity index (χ4v) is 1.55. The Labute approximate surface area is 119 Å². The molecule has 0 aliphatic heterocycles. The molecule has 21 heavy (non-hydrogen) atoms. The number of ether oxygens (including phenoxy) is 2. The number of hydrogen-bond acceptors (Lipinski definition) is 6.